The van der Waals surface area contributed by atoms with E-state index in [0.717, 1.165) is 0 Å². The monoisotopic (exact) mass is 454 g/mol. The van der Waals surface area contributed by atoms with Crippen LogP contribution < -0.4 is 4.74 Å². The van der Waals surface area contributed by atoms with Gasteiger partial charge in [-0.2, -0.15) is 0 Å². The molecule has 0 bridgehead atoms. The molecule has 0 spiro atoms. The molecule has 5 nitrogen and oxygen atoms in total. The summed E-state index contributed by atoms with van der Waals surface area (Å²) in [7, 11) is -2.31. The SMILES string of the molecule is COc1c(F)cccc1-c1cn(S(=O)(=O)C(C)C(C)C)c2ncc(Br)cc12. The van der Waals surface area contributed by atoms with Crippen molar-refractivity contribution in [3.8, 4) is 16.9 Å². The maximum Gasteiger partial charge on any atom is 0.243 e. The lowest BCUT2D eigenvalue weighted by atomic mass is 10.0. The Labute approximate surface area is 166 Å². The van der Waals surface area contributed by atoms with Crippen LogP contribution in [-0.4, -0.2) is 29.7 Å². The van der Waals surface area contributed by atoms with Crippen LogP contribution in [0, 0.1) is 11.7 Å². The second-order valence-corrected chi connectivity index (χ2v) is 9.76. The molecule has 0 saturated carbocycles. The van der Waals surface area contributed by atoms with E-state index in [1.807, 2.05) is 13.8 Å². The molecule has 2 heterocycles. The predicted octanol–water partition coefficient (Wildman–Crippen LogP) is 4.84. The van der Waals surface area contributed by atoms with Gasteiger partial charge in [-0.1, -0.05) is 26.0 Å². The molecule has 0 fully saturated rings. The van der Waals surface area contributed by atoms with Gasteiger partial charge in [-0.15, -0.1) is 0 Å². The van der Waals surface area contributed by atoms with Crippen LogP contribution in [0.4, 0.5) is 4.39 Å². The molecular weight excluding hydrogens is 435 g/mol. The van der Waals surface area contributed by atoms with E-state index < -0.39 is 21.1 Å². The highest BCUT2D eigenvalue weighted by atomic mass is 79.9. The molecule has 27 heavy (non-hydrogen) atoms. The quantitative estimate of drug-likeness (QED) is 0.553. The Bertz CT molecular complexity index is 1110. The first kappa shape index (κ1) is 19.8. The van der Waals surface area contributed by atoms with Crippen molar-refractivity contribution in [2.75, 3.05) is 7.11 Å². The van der Waals surface area contributed by atoms with Crippen LogP contribution in [0.3, 0.4) is 0 Å². The van der Waals surface area contributed by atoms with Gasteiger partial charge < -0.3 is 4.74 Å². The highest BCUT2D eigenvalue weighted by molar-refractivity contribution is 9.10. The number of rotatable bonds is 5. The normalized spacial score (nSPS) is 13.3. The zero-order valence-corrected chi connectivity index (χ0v) is 17.8. The lowest BCUT2D eigenvalue weighted by Crippen LogP contribution is -2.29. The Morgan fingerprint density at radius 3 is 2.56 bits per heavy atom. The maximum absolute atomic E-state index is 14.2. The molecular formula is C19H20BrFN2O3S. The van der Waals surface area contributed by atoms with Crippen molar-refractivity contribution in [3.05, 3.63) is 46.9 Å². The summed E-state index contributed by atoms with van der Waals surface area (Å²) in [4.78, 5) is 4.32. The fourth-order valence-electron chi connectivity index (χ4n) is 2.91. The van der Waals surface area contributed by atoms with E-state index >= 15 is 0 Å². The van der Waals surface area contributed by atoms with Gasteiger partial charge in [0.1, 0.15) is 0 Å². The lowest BCUT2D eigenvalue weighted by Gasteiger charge is -2.17. The largest absolute Gasteiger partial charge is 0.493 e. The number of hydrogen-bond acceptors (Lipinski definition) is 4. The molecule has 8 heteroatoms. The van der Waals surface area contributed by atoms with Crippen molar-refractivity contribution in [2.24, 2.45) is 5.92 Å². The minimum absolute atomic E-state index is 0.0610. The van der Waals surface area contributed by atoms with Crippen molar-refractivity contribution in [1.29, 1.82) is 0 Å². The third kappa shape index (κ3) is 3.36. The van der Waals surface area contributed by atoms with Crippen molar-refractivity contribution in [2.45, 2.75) is 26.0 Å². The standard InChI is InChI=1S/C19H20BrFN2O3S/c1-11(2)12(3)27(24,25)23-10-16(15-8-13(20)9-22-19(15)23)14-6-5-7-17(21)18(14)26-4/h5-12H,1-4H3. The number of halogens is 2. The number of para-hydroxylation sites is 1. The summed E-state index contributed by atoms with van der Waals surface area (Å²) >= 11 is 3.37. The molecule has 3 aromatic rings. The van der Waals surface area contributed by atoms with E-state index in [-0.39, 0.29) is 11.7 Å². The minimum atomic E-state index is -3.69. The number of pyridine rings is 1. The van der Waals surface area contributed by atoms with Gasteiger partial charge in [-0.25, -0.2) is 21.8 Å². The van der Waals surface area contributed by atoms with Crippen LogP contribution in [-0.2, 0) is 10.0 Å². The highest BCUT2D eigenvalue weighted by Gasteiger charge is 2.29. The molecule has 0 aliphatic rings. The summed E-state index contributed by atoms with van der Waals surface area (Å²) in [5, 5.41) is -0.0198. The Balaban J connectivity index is 2.37. The Kier molecular flexibility index (Phi) is 5.31. The summed E-state index contributed by atoms with van der Waals surface area (Å²) < 4.78 is 47.6. The highest BCUT2D eigenvalue weighted by Crippen LogP contribution is 2.39. The van der Waals surface area contributed by atoms with E-state index in [4.69, 9.17) is 4.74 Å². The van der Waals surface area contributed by atoms with E-state index in [0.29, 0.717) is 26.6 Å². The van der Waals surface area contributed by atoms with Crippen LogP contribution >= 0.6 is 15.9 Å². The number of benzene rings is 1. The van der Waals surface area contributed by atoms with E-state index in [1.54, 1.807) is 31.3 Å². The van der Waals surface area contributed by atoms with Crippen molar-refractivity contribution in [1.82, 2.24) is 8.96 Å². The zero-order valence-electron chi connectivity index (χ0n) is 15.4. The van der Waals surface area contributed by atoms with Crippen molar-refractivity contribution < 1.29 is 17.5 Å². The van der Waals surface area contributed by atoms with Gasteiger partial charge in [0.05, 0.1) is 12.4 Å². The zero-order chi connectivity index (χ0) is 19.9. The number of nitrogens with zero attached hydrogens (tertiary/aromatic N) is 2. The molecule has 0 amide bonds. The summed E-state index contributed by atoms with van der Waals surface area (Å²) in [5.41, 5.74) is 1.30. The summed E-state index contributed by atoms with van der Waals surface area (Å²) in [6.07, 6.45) is 3.04. The second-order valence-electron chi connectivity index (χ2n) is 6.68. The van der Waals surface area contributed by atoms with Crippen molar-refractivity contribution >= 4 is 37.0 Å². The fourth-order valence-corrected chi connectivity index (χ4v) is 4.93. The molecule has 1 aromatic carbocycles. The molecule has 144 valence electrons. The Morgan fingerprint density at radius 1 is 1.22 bits per heavy atom. The summed E-state index contributed by atoms with van der Waals surface area (Å²) in [5.74, 6) is -0.529. The third-order valence-electron chi connectivity index (χ3n) is 4.72. The van der Waals surface area contributed by atoms with E-state index in [9.17, 15) is 12.8 Å². The number of fused-ring (bicyclic) bond motifs is 1. The fraction of sp³-hybridized carbons (Fsp3) is 0.316. The number of hydrogen-bond donors (Lipinski definition) is 0. The molecule has 0 radical (unpaired) electrons. The molecule has 1 unspecified atom stereocenters. The third-order valence-corrected chi connectivity index (χ3v) is 7.47. The molecule has 0 aliphatic carbocycles. The average Bonchev–Trinajstić information content (AvgIpc) is 2.99. The van der Waals surface area contributed by atoms with Crippen molar-refractivity contribution in [3.63, 3.8) is 0 Å². The average molecular weight is 455 g/mol. The molecule has 0 N–H and O–H groups in total. The van der Waals surface area contributed by atoms with Gasteiger partial charge in [-0.05, 0) is 40.9 Å². The van der Waals surface area contributed by atoms with Crippen LogP contribution in [0.1, 0.15) is 20.8 Å². The van der Waals surface area contributed by atoms with Gasteiger partial charge in [0.25, 0.3) is 0 Å². The number of methoxy groups -OCH3 is 1. The van der Waals surface area contributed by atoms with Gasteiger partial charge in [0.2, 0.25) is 10.0 Å². The van der Waals surface area contributed by atoms with Crippen LogP contribution in [0.25, 0.3) is 22.2 Å². The first-order valence-corrected chi connectivity index (χ1v) is 10.7. The van der Waals surface area contributed by atoms with Crippen LogP contribution in [0.5, 0.6) is 5.75 Å². The van der Waals surface area contributed by atoms with Gasteiger partial charge in [-0.3, -0.25) is 0 Å². The van der Waals surface area contributed by atoms with Gasteiger partial charge >= 0.3 is 0 Å². The van der Waals surface area contributed by atoms with Gasteiger partial charge in [0, 0.05) is 33.4 Å². The molecule has 2 aromatic heterocycles. The lowest BCUT2D eigenvalue weighted by molar-refractivity contribution is 0.388. The maximum atomic E-state index is 14.2. The number of aromatic nitrogens is 2. The molecule has 1 atom stereocenters. The van der Waals surface area contributed by atoms with E-state index in [1.165, 1.54) is 23.3 Å². The summed E-state index contributed by atoms with van der Waals surface area (Å²) in [6, 6.07) is 6.33. The molecule has 3 rings (SSSR count). The minimum Gasteiger partial charge on any atom is -0.493 e. The van der Waals surface area contributed by atoms with E-state index in [2.05, 4.69) is 20.9 Å². The smallest absolute Gasteiger partial charge is 0.243 e. The van der Waals surface area contributed by atoms with Gasteiger partial charge in [0.15, 0.2) is 17.2 Å². The predicted molar refractivity (Wildman–Crippen MR) is 108 cm³/mol. The first-order chi connectivity index (χ1) is 12.7. The Morgan fingerprint density at radius 2 is 1.93 bits per heavy atom. The number of ether oxygens (including phenoxy) is 1. The topological polar surface area (TPSA) is 61.2 Å². The Hall–Kier alpha value is -1.93. The second kappa shape index (κ2) is 7.24. The summed E-state index contributed by atoms with van der Waals surface area (Å²) in [6.45, 7) is 5.38. The van der Waals surface area contributed by atoms with Crippen LogP contribution in [0.15, 0.2) is 41.1 Å². The molecule has 0 saturated heterocycles. The van der Waals surface area contributed by atoms with Crippen LogP contribution in [0.2, 0.25) is 0 Å². The molecule has 0 aliphatic heterocycles. The first-order valence-electron chi connectivity index (χ1n) is 8.42.